The predicted octanol–water partition coefficient (Wildman–Crippen LogP) is 2.54. The van der Waals surface area contributed by atoms with Crippen molar-refractivity contribution in [3.63, 3.8) is 0 Å². The molecule has 3 N–H and O–H groups in total. The molecule has 1 fully saturated rings. The number of piperidine rings is 1. The number of hydrogen-bond acceptors (Lipinski definition) is 4. The van der Waals surface area contributed by atoms with E-state index in [1.165, 1.54) is 30.5 Å². The standard InChI is InChI=1S/C20H25N3O3/c1-14-8-10-23(11-9-14)13-16-4-2-15(3-5-16)12-22-20(25)18-7-6-17(26-18)19(21)24/h2-7,14H,8-13H2,1H3,(H2,21,24)(H,22,25). The molecule has 2 aromatic rings. The maximum absolute atomic E-state index is 12.0. The molecular weight excluding hydrogens is 330 g/mol. The number of nitrogens with zero attached hydrogens (tertiary/aromatic N) is 1. The van der Waals surface area contributed by atoms with Crippen molar-refractivity contribution in [3.05, 3.63) is 59.0 Å². The molecule has 0 spiro atoms. The lowest BCUT2D eigenvalue weighted by atomic mass is 9.99. The second-order valence-electron chi connectivity index (χ2n) is 6.99. The molecule has 0 atom stereocenters. The first-order valence-electron chi connectivity index (χ1n) is 8.99. The topological polar surface area (TPSA) is 88.6 Å². The summed E-state index contributed by atoms with van der Waals surface area (Å²) in [6.45, 7) is 6.01. The Morgan fingerprint density at radius 1 is 1.08 bits per heavy atom. The Balaban J connectivity index is 1.49. The number of nitrogens with two attached hydrogens (primary N) is 1. The zero-order valence-electron chi connectivity index (χ0n) is 15.0. The van der Waals surface area contributed by atoms with Gasteiger partial charge in [0.25, 0.3) is 11.8 Å². The van der Waals surface area contributed by atoms with Crippen LogP contribution < -0.4 is 11.1 Å². The molecule has 2 heterocycles. The summed E-state index contributed by atoms with van der Waals surface area (Å²) in [6, 6.07) is 11.1. The van der Waals surface area contributed by atoms with Crippen LogP contribution in [0, 0.1) is 5.92 Å². The van der Waals surface area contributed by atoms with Crippen LogP contribution >= 0.6 is 0 Å². The summed E-state index contributed by atoms with van der Waals surface area (Å²) in [4.78, 5) is 25.5. The second-order valence-corrected chi connectivity index (χ2v) is 6.99. The number of likely N-dealkylation sites (tertiary alicyclic amines) is 1. The molecule has 1 aliphatic heterocycles. The van der Waals surface area contributed by atoms with Gasteiger partial charge in [0.15, 0.2) is 11.5 Å². The lowest BCUT2D eigenvalue weighted by molar-refractivity contribution is 0.0913. The fourth-order valence-corrected chi connectivity index (χ4v) is 3.10. The molecule has 0 unspecified atom stereocenters. The van der Waals surface area contributed by atoms with Gasteiger partial charge in [-0.15, -0.1) is 0 Å². The Kier molecular flexibility index (Phi) is 5.73. The minimum absolute atomic E-state index is 0.0217. The molecule has 3 rings (SSSR count). The molecule has 0 bridgehead atoms. The highest BCUT2D eigenvalue weighted by molar-refractivity contribution is 5.94. The fraction of sp³-hybridized carbons (Fsp3) is 0.400. The number of carbonyl (C=O) groups is 2. The lowest BCUT2D eigenvalue weighted by Crippen LogP contribution is -2.32. The van der Waals surface area contributed by atoms with E-state index in [4.69, 9.17) is 10.2 Å². The van der Waals surface area contributed by atoms with Gasteiger partial charge in [0.1, 0.15) is 0 Å². The van der Waals surface area contributed by atoms with E-state index in [9.17, 15) is 9.59 Å². The predicted molar refractivity (Wildman–Crippen MR) is 98.5 cm³/mol. The highest BCUT2D eigenvalue weighted by Crippen LogP contribution is 2.18. The van der Waals surface area contributed by atoms with Crippen molar-refractivity contribution in [3.8, 4) is 0 Å². The van der Waals surface area contributed by atoms with Gasteiger partial charge in [-0.05, 0) is 55.1 Å². The fourth-order valence-electron chi connectivity index (χ4n) is 3.10. The molecule has 1 aromatic carbocycles. The van der Waals surface area contributed by atoms with Gasteiger partial charge in [-0.2, -0.15) is 0 Å². The first-order valence-corrected chi connectivity index (χ1v) is 8.99. The number of rotatable bonds is 6. The number of benzene rings is 1. The van der Waals surface area contributed by atoms with E-state index < -0.39 is 5.91 Å². The maximum atomic E-state index is 12.0. The third-order valence-corrected chi connectivity index (χ3v) is 4.83. The first kappa shape index (κ1) is 18.2. The number of nitrogens with one attached hydrogen (secondary N) is 1. The summed E-state index contributed by atoms with van der Waals surface area (Å²) in [6.07, 6.45) is 2.54. The van der Waals surface area contributed by atoms with Crippen LogP contribution in [-0.4, -0.2) is 29.8 Å². The van der Waals surface area contributed by atoms with Crippen molar-refractivity contribution < 1.29 is 14.0 Å². The molecule has 6 heteroatoms. The molecule has 0 radical (unpaired) electrons. The zero-order valence-corrected chi connectivity index (χ0v) is 15.0. The van der Waals surface area contributed by atoms with Crippen molar-refractivity contribution in [2.45, 2.75) is 32.9 Å². The van der Waals surface area contributed by atoms with Crippen LogP contribution in [0.1, 0.15) is 52.0 Å². The minimum Gasteiger partial charge on any atom is -0.446 e. The van der Waals surface area contributed by atoms with E-state index >= 15 is 0 Å². The Labute approximate surface area is 153 Å². The smallest absolute Gasteiger partial charge is 0.287 e. The van der Waals surface area contributed by atoms with Crippen molar-refractivity contribution >= 4 is 11.8 Å². The Bertz CT molecular complexity index is 759. The van der Waals surface area contributed by atoms with Crippen molar-refractivity contribution in [2.75, 3.05) is 13.1 Å². The lowest BCUT2D eigenvalue weighted by Gasteiger charge is -2.30. The van der Waals surface area contributed by atoms with E-state index in [0.717, 1.165) is 31.1 Å². The Morgan fingerprint density at radius 3 is 2.31 bits per heavy atom. The molecule has 138 valence electrons. The van der Waals surface area contributed by atoms with Gasteiger partial charge in [-0.1, -0.05) is 31.2 Å². The molecule has 1 aliphatic rings. The molecule has 0 aliphatic carbocycles. The monoisotopic (exact) mass is 355 g/mol. The Morgan fingerprint density at radius 2 is 1.69 bits per heavy atom. The van der Waals surface area contributed by atoms with Crippen molar-refractivity contribution in [2.24, 2.45) is 11.7 Å². The zero-order chi connectivity index (χ0) is 18.5. The third kappa shape index (κ3) is 4.73. The van der Waals surface area contributed by atoms with E-state index in [1.807, 2.05) is 12.1 Å². The van der Waals surface area contributed by atoms with E-state index in [1.54, 1.807) is 0 Å². The molecule has 26 heavy (non-hydrogen) atoms. The van der Waals surface area contributed by atoms with Crippen LogP contribution in [-0.2, 0) is 13.1 Å². The van der Waals surface area contributed by atoms with Gasteiger partial charge < -0.3 is 15.5 Å². The summed E-state index contributed by atoms with van der Waals surface area (Å²) < 4.78 is 5.11. The largest absolute Gasteiger partial charge is 0.446 e. The molecular formula is C20H25N3O3. The highest BCUT2D eigenvalue weighted by atomic mass is 16.4. The first-order chi connectivity index (χ1) is 12.5. The summed E-state index contributed by atoms with van der Waals surface area (Å²) in [5.74, 6) is -0.168. The summed E-state index contributed by atoms with van der Waals surface area (Å²) in [5.41, 5.74) is 7.41. The number of amides is 2. The Hall–Kier alpha value is -2.60. The molecule has 1 aromatic heterocycles. The van der Waals surface area contributed by atoms with Gasteiger partial charge in [-0.3, -0.25) is 14.5 Å². The maximum Gasteiger partial charge on any atom is 0.287 e. The van der Waals surface area contributed by atoms with E-state index in [0.29, 0.717) is 6.54 Å². The SMILES string of the molecule is CC1CCN(Cc2ccc(CNC(=O)c3ccc(C(N)=O)o3)cc2)CC1. The minimum atomic E-state index is -0.692. The number of furan rings is 1. The van der Waals surface area contributed by atoms with Crippen molar-refractivity contribution in [1.29, 1.82) is 0 Å². The van der Waals surface area contributed by atoms with E-state index in [2.05, 4.69) is 29.3 Å². The van der Waals surface area contributed by atoms with Gasteiger partial charge >= 0.3 is 0 Å². The van der Waals surface area contributed by atoms with Crippen LogP contribution in [0.3, 0.4) is 0 Å². The van der Waals surface area contributed by atoms with Crippen LogP contribution in [0.2, 0.25) is 0 Å². The summed E-state index contributed by atoms with van der Waals surface area (Å²) >= 11 is 0. The van der Waals surface area contributed by atoms with Gasteiger partial charge in [-0.25, -0.2) is 0 Å². The average Bonchev–Trinajstić information content (AvgIpc) is 3.13. The van der Waals surface area contributed by atoms with E-state index in [-0.39, 0.29) is 17.4 Å². The van der Waals surface area contributed by atoms with Gasteiger partial charge in [0.2, 0.25) is 0 Å². The summed E-state index contributed by atoms with van der Waals surface area (Å²) in [7, 11) is 0. The number of primary amides is 1. The average molecular weight is 355 g/mol. The third-order valence-electron chi connectivity index (χ3n) is 4.83. The normalized spacial score (nSPS) is 15.7. The quantitative estimate of drug-likeness (QED) is 0.833. The van der Waals surface area contributed by atoms with Crippen molar-refractivity contribution in [1.82, 2.24) is 10.2 Å². The highest BCUT2D eigenvalue weighted by Gasteiger charge is 2.16. The number of hydrogen-bond donors (Lipinski definition) is 2. The molecule has 2 amide bonds. The van der Waals surface area contributed by atoms with Crippen LogP contribution in [0.15, 0.2) is 40.8 Å². The summed E-state index contributed by atoms with van der Waals surface area (Å²) in [5, 5.41) is 2.78. The molecule has 6 nitrogen and oxygen atoms in total. The van der Waals surface area contributed by atoms with Gasteiger partial charge in [0.05, 0.1) is 0 Å². The number of carbonyl (C=O) groups excluding carboxylic acids is 2. The molecule has 0 saturated carbocycles. The van der Waals surface area contributed by atoms with Crippen LogP contribution in [0.4, 0.5) is 0 Å². The van der Waals surface area contributed by atoms with Crippen LogP contribution in [0.5, 0.6) is 0 Å². The van der Waals surface area contributed by atoms with Crippen LogP contribution in [0.25, 0.3) is 0 Å². The molecule has 1 saturated heterocycles. The van der Waals surface area contributed by atoms with Gasteiger partial charge in [0, 0.05) is 13.1 Å². The second kappa shape index (κ2) is 8.19.